The first-order valence-electron chi connectivity index (χ1n) is 11.0. The van der Waals surface area contributed by atoms with Gasteiger partial charge < -0.3 is 16.4 Å². The van der Waals surface area contributed by atoms with Crippen LogP contribution in [-0.2, 0) is 16.9 Å². The molecule has 1 heterocycles. The third-order valence-corrected chi connectivity index (χ3v) is 6.74. The quantitative estimate of drug-likeness (QED) is 0.564. The number of nitrogens with zero attached hydrogens (tertiary/aromatic N) is 3. The molecule has 0 atom stereocenters. The zero-order valence-electron chi connectivity index (χ0n) is 17.8. The molecule has 1 aromatic heterocycles. The summed E-state index contributed by atoms with van der Waals surface area (Å²) in [5.41, 5.74) is 6.36. The van der Waals surface area contributed by atoms with E-state index in [2.05, 4.69) is 21.8 Å². The molecule has 0 bridgehead atoms. The topological polar surface area (TPSA) is 126 Å². The van der Waals surface area contributed by atoms with E-state index in [9.17, 15) is 14.9 Å². The van der Waals surface area contributed by atoms with Gasteiger partial charge in [0, 0.05) is 29.7 Å². The largest absolute Gasteiger partial charge is 0.365 e. The molecule has 0 spiro atoms. The summed E-state index contributed by atoms with van der Waals surface area (Å²) >= 11 is 5.95. The van der Waals surface area contributed by atoms with Gasteiger partial charge in [-0.25, -0.2) is 0 Å². The number of hydrogen-bond acceptors (Lipinski definition) is 5. The number of halogens is 1. The van der Waals surface area contributed by atoms with Gasteiger partial charge in [0.2, 0.25) is 5.91 Å². The number of nitriles is 1. The summed E-state index contributed by atoms with van der Waals surface area (Å²) in [5.74, 6) is -0.610. The third-order valence-electron chi connectivity index (χ3n) is 6.49. The lowest BCUT2D eigenvalue weighted by molar-refractivity contribution is -0.117. The second-order valence-electron chi connectivity index (χ2n) is 8.80. The average Bonchev–Trinajstić information content (AvgIpc) is 3.54. The van der Waals surface area contributed by atoms with E-state index in [1.807, 2.05) is 24.3 Å². The molecule has 0 unspecified atom stereocenters. The van der Waals surface area contributed by atoms with E-state index >= 15 is 0 Å². The van der Waals surface area contributed by atoms with Crippen molar-refractivity contribution in [3.63, 3.8) is 0 Å². The molecule has 2 amide bonds. The van der Waals surface area contributed by atoms with Crippen LogP contribution in [0.1, 0.15) is 60.9 Å². The fourth-order valence-corrected chi connectivity index (χ4v) is 4.44. The molecule has 32 heavy (non-hydrogen) atoms. The molecular formula is C23H27ClN6O2. The van der Waals surface area contributed by atoms with Gasteiger partial charge in [-0.05, 0) is 56.2 Å². The van der Waals surface area contributed by atoms with Crippen molar-refractivity contribution < 1.29 is 9.59 Å². The minimum absolute atomic E-state index is 0.0175. The van der Waals surface area contributed by atoms with Gasteiger partial charge in [-0.3, -0.25) is 14.3 Å². The SMILES string of the molecule is N#CCC1(n2cc(C(N)=O)c(NC(=O)C3CC3)n2)CCC(NCc2ccc(Cl)cc2)CC1. The number of anilines is 1. The van der Waals surface area contributed by atoms with Crippen LogP contribution in [0.15, 0.2) is 30.5 Å². The van der Waals surface area contributed by atoms with Gasteiger partial charge in [0.25, 0.3) is 5.91 Å². The molecule has 4 N–H and O–H groups in total. The van der Waals surface area contributed by atoms with Crippen LogP contribution in [0, 0.1) is 17.2 Å². The number of aromatic nitrogens is 2. The molecule has 4 rings (SSSR count). The second kappa shape index (κ2) is 9.31. The van der Waals surface area contributed by atoms with E-state index in [1.54, 1.807) is 10.9 Å². The molecule has 168 valence electrons. The van der Waals surface area contributed by atoms with Crippen molar-refractivity contribution in [1.29, 1.82) is 5.26 Å². The van der Waals surface area contributed by atoms with Crippen molar-refractivity contribution in [3.8, 4) is 6.07 Å². The Hall–Kier alpha value is -2.89. The highest BCUT2D eigenvalue weighted by Crippen LogP contribution is 2.39. The molecule has 2 aromatic rings. The van der Waals surface area contributed by atoms with Gasteiger partial charge in [0.15, 0.2) is 5.82 Å². The summed E-state index contributed by atoms with van der Waals surface area (Å²) in [6.07, 6.45) is 6.75. The molecule has 2 aliphatic carbocycles. The molecule has 2 saturated carbocycles. The van der Waals surface area contributed by atoms with E-state index < -0.39 is 11.4 Å². The van der Waals surface area contributed by atoms with Crippen LogP contribution in [-0.4, -0.2) is 27.6 Å². The zero-order chi connectivity index (χ0) is 22.7. The summed E-state index contributed by atoms with van der Waals surface area (Å²) in [7, 11) is 0. The van der Waals surface area contributed by atoms with E-state index in [4.69, 9.17) is 17.3 Å². The Balaban J connectivity index is 1.46. The van der Waals surface area contributed by atoms with Crippen molar-refractivity contribution in [2.45, 2.75) is 63.1 Å². The fourth-order valence-electron chi connectivity index (χ4n) is 4.31. The van der Waals surface area contributed by atoms with E-state index in [0.717, 1.165) is 55.7 Å². The molecule has 8 nitrogen and oxygen atoms in total. The summed E-state index contributed by atoms with van der Waals surface area (Å²) in [5, 5.41) is 21.1. The minimum atomic E-state index is -0.646. The van der Waals surface area contributed by atoms with E-state index in [0.29, 0.717) is 6.04 Å². The molecule has 0 radical (unpaired) electrons. The summed E-state index contributed by atoms with van der Waals surface area (Å²) in [6.45, 7) is 0.748. The number of nitrogens with one attached hydrogen (secondary N) is 2. The Kier molecular flexibility index (Phi) is 6.49. The lowest BCUT2D eigenvalue weighted by Crippen LogP contribution is -2.43. The maximum absolute atomic E-state index is 12.2. The van der Waals surface area contributed by atoms with Crippen molar-refractivity contribution in [2.24, 2.45) is 11.7 Å². The summed E-state index contributed by atoms with van der Waals surface area (Å²) in [6, 6.07) is 10.4. The van der Waals surface area contributed by atoms with Crippen LogP contribution in [0.2, 0.25) is 5.02 Å². The van der Waals surface area contributed by atoms with E-state index in [1.165, 1.54) is 0 Å². The van der Waals surface area contributed by atoms with Crippen molar-refractivity contribution >= 4 is 29.2 Å². The van der Waals surface area contributed by atoms with Crippen molar-refractivity contribution in [2.75, 3.05) is 5.32 Å². The molecule has 0 saturated heterocycles. The van der Waals surface area contributed by atoms with Crippen LogP contribution in [0.5, 0.6) is 0 Å². The predicted octanol–water partition coefficient (Wildman–Crippen LogP) is 3.33. The lowest BCUT2D eigenvalue weighted by Gasteiger charge is -2.39. The van der Waals surface area contributed by atoms with Gasteiger partial charge in [-0.1, -0.05) is 23.7 Å². The van der Waals surface area contributed by atoms with Gasteiger partial charge in [0.05, 0.1) is 18.0 Å². The second-order valence-corrected chi connectivity index (χ2v) is 9.24. The highest BCUT2D eigenvalue weighted by molar-refractivity contribution is 6.30. The maximum atomic E-state index is 12.2. The maximum Gasteiger partial charge on any atom is 0.254 e. The minimum Gasteiger partial charge on any atom is -0.365 e. The Bertz CT molecular complexity index is 1030. The number of primary amides is 1. The first-order chi connectivity index (χ1) is 15.4. The number of rotatable bonds is 8. The van der Waals surface area contributed by atoms with Gasteiger partial charge in [-0.2, -0.15) is 10.4 Å². The van der Waals surface area contributed by atoms with Crippen molar-refractivity contribution in [1.82, 2.24) is 15.1 Å². The van der Waals surface area contributed by atoms with Crippen LogP contribution >= 0.6 is 11.6 Å². The number of carbonyl (C=O) groups is 2. The number of benzene rings is 1. The molecule has 9 heteroatoms. The van der Waals surface area contributed by atoms with Gasteiger partial charge in [0.1, 0.15) is 5.56 Å². The Labute approximate surface area is 192 Å². The van der Waals surface area contributed by atoms with Crippen molar-refractivity contribution in [3.05, 3.63) is 46.6 Å². The average molecular weight is 455 g/mol. The fraction of sp³-hybridized carbons (Fsp3) is 0.478. The van der Waals surface area contributed by atoms with Gasteiger partial charge in [-0.15, -0.1) is 0 Å². The number of amides is 2. The monoisotopic (exact) mass is 454 g/mol. The summed E-state index contributed by atoms with van der Waals surface area (Å²) in [4.78, 5) is 24.2. The van der Waals surface area contributed by atoms with Crippen LogP contribution in [0.4, 0.5) is 5.82 Å². The molecule has 2 aliphatic rings. The Morgan fingerprint density at radius 2 is 1.91 bits per heavy atom. The molecule has 2 fully saturated rings. The highest BCUT2D eigenvalue weighted by atomic mass is 35.5. The zero-order valence-corrected chi connectivity index (χ0v) is 18.6. The predicted molar refractivity (Wildman–Crippen MR) is 121 cm³/mol. The smallest absolute Gasteiger partial charge is 0.254 e. The molecule has 0 aliphatic heterocycles. The lowest BCUT2D eigenvalue weighted by atomic mass is 9.77. The molecular weight excluding hydrogens is 428 g/mol. The van der Waals surface area contributed by atoms with Gasteiger partial charge >= 0.3 is 0 Å². The number of nitrogens with two attached hydrogens (primary N) is 1. The van der Waals surface area contributed by atoms with Crippen LogP contribution in [0.3, 0.4) is 0 Å². The van der Waals surface area contributed by atoms with Crippen LogP contribution in [0.25, 0.3) is 0 Å². The number of hydrogen-bond donors (Lipinski definition) is 3. The number of carbonyl (C=O) groups excluding carboxylic acids is 2. The highest BCUT2D eigenvalue weighted by Gasteiger charge is 2.39. The molecule has 1 aromatic carbocycles. The Morgan fingerprint density at radius 3 is 2.50 bits per heavy atom. The third kappa shape index (κ3) is 4.95. The van der Waals surface area contributed by atoms with E-state index in [-0.39, 0.29) is 29.6 Å². The first-order valence-corrected chi connectivity index (χ1v) is 11.3. The summed E-state index contributed by atoms with van der Waals surface area (Å²) < 4.78 is 1.69. The van der Waals surface area contributed by atoms with Crippen LogP contribution < -0.4 is 16.4 Å². The first kappa shape index (κ1) is 22.3. The normalized spacial score (nSPS) is 22.8. The Morgan fingerprint density at radius 1 is 1.22 bits per heavy atom. The standard InChI is InChI=1S/C23H27ClN6O2/c24-17-5-1-15(2-6-17)13-27-18-7-9-23(10-8-18,11-12-25)30-14-19(20(26)31)21(29-30)28-22(32)16-3-4-16/h1-2,5-6,14,16,18,27H,3-4,7-11,13H2,(H2,26,31)(H,28,29,32).